The predicted molar refractivity (Wildman–Crippen MR) is 92.7 cm³/mol. The van der Waals surface area contributed by atoms with Gasteiger partial charge in [-0.2, -0.15) is 0 Å². The second kappa shape index (κ2) is 6.75. The summed E-state index contributed by atoms with van der Waals surface area (Å²) in [6.45, 7) is 0. The van der Waals surface area contributed by atoms with Crippen molar-refractivity contribution in [3.63, 3.8) is 0 Å². The van der Waals surface area contributed by atoms with Crippen molar-refractivity contribution in [2.75, 3.05) is 14.2 Å². The summed E-state index contributed by atoms with van der Waals surface area (Å²) in [4.78, 5) is 34.9. The molecule has 0 amide bonds. The average molecular weight is 458 g/mol. The van der Waals surface area contributed by atoms with Crippen LogP contribution in [0.25, 0.3) is 11.0 Å². The molecule has 0 N–H and O–H groups in total. The molecule has 8 nitrogen and oxygen atoms in total. The number of carbonyl (C=O) groups excluding carboxylic acids is 2. The lowest BCUT2D eigenvalue weighted by molar-refractivity contribution is -0.147. The van der Waals surface area contributed by atoms with Gasteiger partial charge in [-0.05, 0) is 28.7 Å². The summed E-state index contributed by atoms with van der Waals surface area (Å²) in [5.41, 5.74) is -0.907. The fraction of sp³-hybridized carbons (Fsp3) is 0.188. The summed E-state index contributed by atoms with van der Waals surface area (Å²) in [5.74, 6) is -0.714. The summed E-state index contributed by atoms with van der Waals surface area (Å²) < 4.78 is 26.1. The van der Waals surface area contributed by atoms with E-state index in [1.807, 2.05) is 22.6 Å². The van der Waals surface area contributed by atoms with E-state index in [1.54, 1.807) is 6.07 Å². The average Bonchev–Trinajstić information content (AvgIpc) is 3.01. The Hall–Kier alpha value is -2.56. The molecule has 1 aliphatic rings. The lowest BCUT2D eigenvalue weighted by Crippen LogP contribution is -2.17. The van der Waals surface area contributed by atoms with Gasteiger partial charge in [-0.3, -0.25) is 0 Å². The summed E-state index contributed by atoms with van der Waals surface area (Å²) >= 11 is 1.92. The predicted octanol–water partition coefficient (Wildman–Crippen LogP) is 2.01. The lowest BCUT2D eigenvalue weighted by atomic mass is 10.1. The third kappa shape index (κ3) is 3.18. The number of fused-ring (bicyclic) bond motifs is 1. The fourth-order valence-corrected chi connectivity index (χ4v) is 2.92. The minimum atomic E-state index is -0.885. The van der Waals surface area contributed by atoms with Gasteiger partial charge < -0.3 is 23.4 Å². The van der Waals surface area contributed by atoms with Gasteiger partial charge in [0.15, 0.2) is 5.58 Å². The first-order valence-electron chi connectivity index (χ1n) is 6.92. The molecule has 0 saturated heterocycles. The number of esters is 2. The Morgan fingerprint density at radius 1 is 1.20 bits per heavy atom. The van der Waals surface area contributed by atoms with Crippen molar-refractivity contribution in [3.05, 3.63) is 43.8 Å². The number of hydrogen-bond acceptors (Lipinski definition) is 8. The molecule has 0 fully saturated rings. The van der Waals surface area contributed by atoms with Crippen LogP contribution in [0.3, 0.4) is 0 Å². The second-order valence-electron chi connectivity index (χ2n) is 4.86. The summed E-state index contributed by atoms with van der Waals surface area (Å²) in [6, 6.07) is 2.89. The van der Waals surface area contributed by atoms with E-state index in [0.29, 0.717) is 20.5 Å². The molecule has 2 heterocycles. The van der Waals surface area contributed by atoms with Crippen molar-refractivity contribution in [2.45, 2.75) is 6.29 Å². The van der Waals surface area contributed by atoms with Crippen molar-refractivity contribution in [3.8, 4) is 11.5 Å². The molecule has 9 heteroatoms. The number of halogens is 1. The Morgan fingerprint density at radius 2 is 1.96 bits per heavy atom. The van der Waals surface area contributed by atoms with Gasteiger partial charge >= 0.3 is 17.6 Å². The van der Waals surface area contributed by atoms with E-state index in [2.05, 4.69) is 4.74 Å². The van der Waals surface area contributed by atoms with E-state index in [-0.39, 0.29) is 11.1 Å². The molecule has 25 heavy (non-hydrogen) atoms. The number of carbonyl (C=O) groups is 2. The number of cyclic esters (lactones) is 1. The molecule has 0 saturated carbocycles. The van der Waals surface area contributed by atoms with E-state index in [9.17, 15) is 14.4 Å². The Balaban J connectivity index is 2.14. The highest BCUT2D eigenvalue weighted by atomic mass is 127. The van der Waals surface area contributed by atoms with Gasteiger partial charge in [0, 0.05) is 18.2 Å². The molecule has 130 valence electrons. The van der Waals surface area contributed by atoms with Crippen LogP contribution in [-0.4, -0.2) is 32.4 Å². The molecule has 0 radical (unpaired) electrons. The highest BCUT2D eigenvalue weighted by Crippen LogP contribution is 2.37. The monoisotopic (exact) mass is 458 g/mol. The summed E-state index contributed by atoms with van der Waals surface area (Å²) in [7, 11) is 2.59. The zero-order valence-corrected chi connectivity index (χ0v) is 15.2. The van der Waals surface area contributed by atoms with Crippen LogP contribution in [0.2, 0.25) is 0 Å². The maximum atomic E-state index is 12.1. The Bertz CT molecular complexity index is 959. The van der Waals surface area contributed by atoms with Crippen molar-refractivity contribution >= 4 is 45.5 Å². The third-order valence-electron chi connectivity index (χ3n) is 3.38. The SMILES string of the molecule is COC(=O)c1cc2c(OC)cc(OC3C=CC(=O)O3)c(I)c2oc1=O. The molecular formula is C16H11IO8. The van der Waals surface area contributed by atoms with Crippen molar-refractivity contribution in [1.82, 2.24) is 0 Å². The molecule has 3 rings (SSSR count). The van der Waals surface area contributed by atoms with Crippen molar-refractivity contribution in [1.29, 1.82) is 0 Å². The fourth-order valence-electron chi connectivity index (χ4n) is 2.24. The molecule has 1 aromatic carbocycles. The molecule has 0 spiro atoms. The van der Waals surface area contributed by atoms with Gasteiger partial charge in [0.1, 0.15) is 17.1 Å². The number of ether oxygens (including phenoxy) is 4. The van der Waals surface area contributed by atoms with Crippen LogP contribution in [0.5, 0.6) is 11.5 Å². The maximum Gasteiger partial charge on any atom is 0.351 e. The van der Waals surface area contributed by atoms with Crippen LogP contribution in [0, 0.1) is 3.57 Å². The van der Waals surface area contributed by atoms with Crippen LogP contribution in [-0.2, 0) is 14.3 Å². The first-order valence-corrected chi connectivity index (χ1v) is 8.00. The quantitative estimate of drug-likeness (QED) is 0.390. The minimum absolute atomic E-state index is 0.181. The maximum absolute atomic E-state index is 12.1. The van der Waals surface area contributed by atoms with Crippen LogP contribution in [0.4, 0.5) is 0 Å². The number of methoxy groups -OCH3 is 2. The van der Waals surface area contributed by atoms with Crippen LogP contribution in [0.1, 0.15) is 10.4 Å². The normalized spacial score (nSPS) is 16.0. The number of hydrogen-bond donors (Lipinski definition) is 0. The molecule has 1 aliphatic heterocycles. The molecule has 1 aromatic heterocycles. The van der Waals surface area contributed by atoms with Gasteiger partial charge in [0.25, 0.3) is 6.29 Å². The van der Waals surface area contributed by atoms with Crippen LogP contribution >= 0.6 is 22.6 Å². The van der Waals surface area contributed by atoms with Gasteiger partial charge in [-0.15, -0.1) is 0 Å². The molecule has 2 aromatic rings. The molecule has 0 aliphatic carbocycles. The lowest BCUT2D eigenvalue weighted by Gasteiger charge is -2.15. The van der Waals surface area contributed by atoms with Crippen LogP contribution in [0.15, 0.2) is 33.5 Å². The van der Waals surface area contributed by atoms with Crippen LogP contribution < -0.4 is 15.1 Å². The third-order valence-corrected chi connectivity index (χ3v) is 4.40. The summed E-state index contributed by atoms with van der Waals surface area (Å²) in [5, 5.41) is 0.401. The first-order chi connectivity index (χ1) is 11.9. The van der Waals surface area contributed by atoms with E-state index in [0.717, 1.165) is 0 Å². The minimum Gasteiger partial charge on any atom is -0.496 e. The van der Waals surface area contributed by atoms with Gasteiger partial charge in [-0.1, -0.05) is 0 Å². The molecule has 1 unspecified atom stereocenters. The largest absolute Gasteiger partial charge is 0.496 e. The topological polar surface area (TPSA) is 101 Å². The Kier molecular flexibility index (Phi) is 4.66. The van der Waals surface area contributed by atoms with Gasteiger partial charge in [-0.25, -0.2) is 14.4 Å². The van der Waals surface area contributed by atoms with E-state index in [1.165, 1.54) is 32.4 Å². The summed E-state index contributed by atoms with van der Waals surface area (Å²) in [6.07, 6.45) is 1.81. The molecule has 0 bridgehead atoms. The van der Waals surface area contributed by atoms with Gasteiger partial charge in [0.05, 0.1) is 23.2 Å². The number of benzene rings is 1. The van der Waals surface area contributed by atoms with Gasteiger partial charge in [0.2, 0.25) is 0 Å². The number of rotatable bonds is 4. The standard InChI is InChI=1S/C16H11IO8/c1-21-9-6-10(23-12-4-3-11(18)24-12)13(17)14-7(9)5-8(15(19)22-2)16(20)25-14/h3-6,12H,1-2H3. The van der Waals surface area contributed by atoms with E-state index < -0.39 is 23.9 Å². The molecular weight excluding hydrogens is 447 g/mol. The zero-order valence-electron chi connectivity index (χ0n) is 13.0. The highest BCUT2D eigenvalue weighted by Gasteiger charge is 2.24. The Morgan fingerprint density at radius 3 is 2.56 bits per heavy atom. The highest BCUT2D eigenvalue weighted by molar-refractivity contribution is 14.1. The van der Waals surface area contributed by atoms with E-state index >= 15 is 0 Å². The Labute approximate surface area is 154 Å². The van der Waals surface area contributed by atoms with Crippen molar-refractivity contribution < 1.29 is 33.0 Å². The van der Waals surface area contributed by atoms with Crippen molar-refractivity contribution in [2.24, 2.45) is 0 Å². The molecule has 1 atom stereocenters. The second-order valence-corrected chi connectivity index (χ2v) is 5.93. The van der Waals surface area contributed by atoms with E-state index in [4.69, 9.17) is 18.6 Å². The smallest absolute Gasteiger partial charge is 0.351 e. The first kappa shape index (κ1) is 17.3. The zero-order chi connectivity index (χ0) is 18.1.